The molecule has 1 aliphatic heterocycles. The second kappa shape index (κ2) is 5.67. The Hall–Kier alpha value is -1.18. The molecule has 0 aliphatic carbocycles. The maximum absolute atomic E-state index is 14.1. The van der Waals surface area contributed by atoms with E-state index in [1.165, 1.54) is 23.4 Å². The average Bonchev–Trinajstić information content (AvgIpc) is 2.42. The van der Waals surface area contributed by atoms with Gasteiger partial charge in [0, 0.05) is 25.9 Å². The van der Waals surface area contributed by atoms with Gasteiger partial charge >= 0.3 is 0 Å². The molecule has 0 aromatic heterocycles. The van der Waals surface area contributed by atoms with E-state index < -0.39 is 15.8 Å². The fourth-order valence-electron chi connectivity index (χ4n) is 2.40. The zero-order chi connectivity index (χ0) is 14.9. The first-order valence-corrected chi connectivity index (χ1v) is 7.89. The molecule has 1 aromatic rings. The molecule has 0 radical (unpaired) electrons. The molecule has 1 aliphatic rings. The Kier molecular flexibility index (Phi) is 4.31. The molecule has 1 heterocycles. The maximum Gasteiger partial charge on any atom is 0.246 e. The quantitative estimate of drug-likeness (QED) is 0.859. The highest BCUT2D eigenvalue weighted by atomic mass is 32.2. The lowest BCUT2D eigenvalue weighted by Crippen LogP contribution is -2.40. The summed E-state index contributed by atoms with van der Waals surface area (Å²) in [6.45, 7) is 2.16. The summed E-state index contributed by atoms with van der Waals surface area (Å²) in [6.07, 6.45) is 1.28. The van der Waals surface area contributed by atoms with E-state index in [2.05, 4.69) is 0 Å². The SMILES string of the molecule is COC1CCN(S(=O)(=O)c2cc(N)cc(C)c2F)CC1. The van der Waals surface area contributed by atoms with Gasteiger partial charge in [-0.05, 0) is 37.5 Å². The Labute approximate surface area is 118 Å². The number of ether oxygens (including phenoxy) is 1. The number of nitrogens with two attached hydrogens (primary N) is 1. The van der Waals surface area contributed by atoms with E-state index >= 15 is 0 Å². The van der Waals surface area contributed by atoms with Crippen molar-refractivity contribution in [2.75, 3.05) is 25.9 Å². The van der Waals surface area contributed by atoms with Gasteiger partial charge in [0.05, 0.1) is 6.10 Å². The van der Waals surface area contributed by atoms with Crippen molar-refractivity contribution in [3.05, 3.63) is 23.5 Å². The van der Waals surface area contributed by atoms with Crippen molar-refractivity contribution in [1.82, 2.24) is 4.31 Å². The molecule has 20 heavy (non-hydrogen) atoms. The zero-order valence-electron chi connectivity index (χ0n) is 11.6. The minimum atomic E-state index is -3.85. The highest BCUT2D eigenvalue weighted by Gasteiger charge is 2.32. The number of aryl methyl sites for hydroxylation is 1. The van der Waals surface area contributed by atoms with Gasteiger partial charge in [-0.1, -0.05) is 0 Å². The van der Waals surface area contributed by atoms with E-state index in [1.807, 2.05) is 0 Å². The summed E-state index contributed by atoms with van der Waals surface area (Å²) in [4.78, 5) is -0.342. The molecule has 0 unspecified atom stereocenters. The molecule has 1 saturated heterocycles. The van der Waals surface area contributed by atoms with Crippen molar-refractivity contribution in [3.8, 4) is 0 Å². The average molecular weight is 302 g/mol. The first-order chi connectivity index (χ1) is 9.36. The topological polar surface area (TPSA) is 72.6 Å². The molecule has 1 fully saturated rings. The van der Waals surface area contributed by atoms with Crippen molar-refractivity contribution in [2.45, 2.75) is 30.8 Å². The van der Waals surface area contributed by atoms with E-state index in [0.29, 0.717) is 25.9 Å². The van der Waals surface area contributed by atoms with Gasteiger partial charge in [0.15, 0.2) is 0 Å². The minimum absolute atomic E-state index is 0.0638. The third-order valence-corrected chi connectivity index (χ3v) is 5.49. The lowest BCUT2D eigenvalue weighted by Gasteiger charge is -2.30. The van der Waals surface area contributed by atoms with Crippen LogP contribution in [0.15, 0.2) is 17.0 Å². The van der Waals surface area contributed by atoms with Crippen LogP contribution in [0, 0.1) is 12.7 Å². The molecular formula is C13H19FN2O3S. The number of sulfonamides is 1. The summed E-state index contributed by atoms with van der Waals surface area (Å²) in [6, 6.07) is 2.60. The van der Waals surface area contributed by atoms with Crippen molar-refractivity contribution in [2.24, 2.45) is 0 Å². The second-order valence-corrected chi connectivity index (χ2v) is 6.90. The number of hydrogen-bond donors (Lipinski definition) is 1. The molecule has 0 saturated carbocycles. The molecular weight excluding hydrogens is 283 g/mol. The van der Waals surface area contributed by atoms with Gasteiger partial charge < -0.3 is 10.5 Å². The number of halogens is 1. The monoisotopic (exact) mass is 302 g/mol. The summed E-state index contributed by atoms with van der Waals surface area (Å²) >= 11 is 0. The molecule has 2 N–H and O–H groups in total. The summed E-state index contributed by atoms with van der Waals surface area (Å²) < 4.78 is 45.6. The van der Waals surface area contributed by atoms with E-state index in [-0.39, 0.29) is 22.3 Å². The molecule has 112 valence electrons. The fraction of sp³-hybridized carbons (Fsp3) is 0.538. The zero-order valence-corrected chi connectivity index (χ0v) is 12.4. The number of nitrogen functional groups attached to an aromatic ring is 1. The van der Waals surface area contributed by atoms with Gasteiger partial charge in [0.25, 0.3) is 0 Å². The van der Waals surface area contributed by atoms with E-state index in [1.54, 1.807) is 7.11 Å². The largest absolute Gasteiger partial charge is 0.399 e. The molecule has 7 heteroatoms. The Morgan fingerprint density at radius 2 is 1.95 bits per heavy atom. The molecule has 0 amide bonds. The molecule has 5 nitrogen and oxygen atoms in total. The number of hydrogen-bond acceptors (Lipinski definition) is 4. The predicted molar refractivity (Wildman–Crippen MR) is 74.3 cm³/mol. The molecule has 0 bridgehead atoms. The van der Waals surface area contributed by atoms with Crippen LogP contribution < -0.4 is 5.73 Å². The lowest BCUT2D eigenvalue weighted by atomic mass is 10.1. The smallest absolute Gasteiger partial charge is 0.246 e. The standard InChI is InChI=1S/C13H19FN2O3S/c1-9-7-10(15)8-12(13(9)14)20(17,18)16-5-3-11(19-2)4-6-16/h7-8,11H,3-6,15H2,1-2H3. The van der Waals surface area contributed by atoms with Crippen LogP contribution in [0.1, 0.15) is 18.4 Å². The Morgan fingerprint density at radius 1 is 1.35 bits per heavy atom. The Bertz CT molecular complexity index is 596. The predicted octanol–water partition coefficient (Wildman–Crippen LogP) is 1.52. The third kappa shape index (κ3) is 2.79. The van der Waals surface area contributed by atoms with Gasteiger partial charge in [-0.3, -0.25) is 0 Å². The van der Waals surface area contributed by atoms with Crippen LogP contribution in [0.3, 0.4) is 0 Å². The fourth-order valence-corrected chi connectivity index (χ4v) is 4.04. The van der Waals surface area contributed by atoms with Crippen molar-refractivity contribution in [3.63, 3.8) is 0 Å². The van der Waals surface area contributed by atoms with Crippen molar-refractivity contribution in [1.29, 1.82) is 0 Å². The lowest BCUT2D eigenvalue weighted by molar-refractivity contribution is 0.0604. The molecule has 0 atom stereocenters. The number of piperidine rings is 1. The van der Waals surface area contributed by atoms with Crippen LogP contribution >= 0.6 is 0 Å². The Balaban J connectivity index is 2.32. The number of rotatable bonds is 3. The second-order valence-electron chi connectivity index (χ2n) is 4.99. The van der Waals surface area contributed by atoms with Crippen LogP contribution in [0.2, 0.25) is 0 Å². The van der Waals surface area contributed by atoms with Crippen molar-refractivity contribution >= 4 is 15.7 Å². The normalized spacial score (nSPS) is 18.4. The molecule has 0 spiro atoms. The van der Waals surface area contributed by atoms with Crippen LogP contribution in [-0.4, -0.2) is 39.0 Å². The van der Waals surface area contributed by atoms with E-state index in [9.17, 15) is 12.8 Å². The van der Waals surface area contributed by atoms with Crippen LogP contribution in [0.5, 0.6) is 0 Å². The number of benzene rings is 1. The number of anilines is 1. The van der Waals surface area contributed by atoms with Gasteiger partial charge in [0.1, 0.15) is 10.7 Å². The Morgan fingerprint density at radius 3 is 2.50 bits per heavy atom. The summed E-state index contributed by atoms with van der Waals surface area (Å²) in [5.41, 5.74) is 6.10. The maximum atomic E-state index is 14.1. The highest BCUT2D eigenvalue weighted by molar-refractivity contribution is 7.89. The van der Waals surface area contributed by atoms with E-state index in [0.717, 1.165) is 0 Å². The highest BCUT2D eigenvalue weighted by Crippen LogP contribution is 2.27. The molecule has 2 rings (SSSR count). The minimum Gasteiger partial charge on any atom is -0.399 e. The van der Waals surface area contributed by atoms with Crippen LogP contribution in [0.25, 0.3) is 0 Å². The number of nitrogens with zero attached hydrogens (tertiary/aromatic N) is 1. The molecule has 1 aromatic carbocycles. The first kappa shape index (κ1) is 15.2. The van der Waals surface area contributed by atoms with Gasteiger partial charge in [-0.25, -0.2) is 12.8 Å². The van der Waals surface area contributed by atoms with Crippen molar-refractivity contribution < 1.29 is 17.5 Å². The van der Waals surface area contributed by atoms with Gasteiger partial charge in [-0.2, -0.15) is 4.31 Å². The summed E-state index contributed by atoms with van der Waals surface area (Å²) in [5, 5.41) is 0. The van der Waals surface area contributed by atoms with Gasteiger partial charge in [0.2, 0.25) is 10.0 Å². The summed E-state index contributed by atoms with van der Waals surface area (Å²) in [5.74, 6) is -0.729. The van der Waals surface area contributed by atoms with Crippen LogP contribution in [0.4, 0.5) is 10.1 Å². The van der Waals surface area contributed by atoms with E-state index in [4.69, 9.17) is 10.5 Å². The van der Waals surface area contributed by atoms with Gasteiger partial charge in [-0.15, -0.1) is 0 Å². The third-order valence-electron chi connectivity index (χ3n) is 3.60. The van der Waals surface area contributed by atoms with Crippen LogP contribution in [-0.2, 0) is 14.8 Å². The summed E-state index contributed by atoms with van der Waals surface area (Å²) in [7, 11) is -2.24. The number of methoxy groups -OCH3 is 1. The first-order valence-electron chi connectivity index (χ1n) is 6.45.